The molecule has 2 aromatic rings. The average Bonchev–Trinajstić information content (AvgIpc) is 3.16. The van der Waals surface area contributed by atoms with Crippen molar-refractivity contribution in [3.05, 3.63) is 138 Å². The number of nitrogens with zero attached hydrogens (tertiary/aromatic N) is 1. The lowest BCUT2D eigenvalue weighted by molar-refractivity contribution is -0.134. The van der Waals surface area contributed by atoms with Gasteiger partial charge in [-0.3, -0.25) is 14.4 Å². The maximum Gasteiger partial charge on any atom is 0.263 e. The van der Waals surface area contributed by atoms with E-state index in [1.54, 1.807) is 62.4 Å². The second-order valence-electron chi connectivity index (χ2n) is 13.3. The molecule has 0 saturated heterocycles. The third kappa shape index (κ3) is 20.7. The van der Waals surface area contributed by atoms with Gasteiger partial charge in [-0.1, -0.05) is 98.4 Å². The van der Waals surface area contributed by atoms with Crippen molar-refractivity contribution in [3.8, 4) is 5.75 Å². The number of ether oxygens (including phenoxy) is 1. The number of hydrogen-bond donors (Lipinski definition) is 2. The lowest BCUT2D eigenvalue weighted by Gasteiger charge is -2.26. The zero-order chi connectivity index (χ0) is 39.3. The van der Waals surface area contributed by atoms with E-state index in [4.69, 9.17) is 16.3 Å². The first-order valence-corrected chi connectivity index (χ1v) is 19.8. The largest absolute Gasteiger partial charge is 0.478 e. The van der Waals surface area contributed by atoms with Crippen LogP contribution in [0.1, 0.15) is 101 Å². The smallest absolute Gasteiger partial charge is 0.263 e. The third-order valence-corrected chi connectivity index (χ3v) is 8.66. The van der Waals surface area contributed by atoms with Gasteiger partial charge in [-0.05, 0) is 127 Å². The van der Waals surface area contributed by atoms with Crippen molar-refractivity contribution >= 4 is 29.2 Å². The van der Waals surface area contributed by atoms with E-state index in [-0.39, 0.29) is 17.6 Å². The molecule has 2 rings (SSSR count). The van der Waals surface area contributed by atoms with Gasteiger partial charge in [0.25, 0.3) is 5.91 Å². The molecule has 0 fully saturated rings. The summed E-state index contributed by atoms with van der Waals surface area (Å²) in [5.74, 6) is 0.223. The van der Waals surface area contributed by atoms with Crippen LogP contribution in [0.5, 0.6) is 5.75 Å². The van der Waals surface area contributed by atoms with Gasteiger partial charge in [0, 0.05) is 42.2 Å². The minimum atomic E-state index is -1.10. The first-order chi connectivity index (χ1) is 26.2. The van der Waals surface area contributed by atoms with Crippen molar-refractivity contribution in [3.63, 3.8) is 0 Å². The summed E-state index contributed by atoms with van der Waals surface area (Å²) in [5.41, 5.74) is -0.0354. The number of nitrogens with one attached hydrogen (secondary N) is 2. The van der Waals surface area contributed by atoms with E-state index in [0.717, 1.165) is 64.5 Å². The number of ketones is 1. The number of carbonyl (C=O) groups is 3. The summed E-state index contributed by atoms with van der Waals surface area (Å²) in [6.45, 7) is 11.1. The first-order valence-electron chi connectivity index (χ1n) is 19.4. The van der Waals surface area contributed by atoms with Crippen LogP contribution in [0.3, 0.4) is 0 Å². The fourth-order valence-corrected chi connectivity index (χ4v) is 5.35. The topological polar surface area (TPSA) is 87.7 Å². The Morgan fingerprint density at radius 2 is 1.17 bits per heavy atom. The molecule has 0 atom stereocenters. The van der Waals surface area contributed by atoms with Crippen LogP contribution in [0.2, 0.25) is 5.02 Å². The fraction of sp³-hybridized carbons (Fsp3) is 0.413. The predicted molar refractivity (Wildman–Crippen MR) is 226 cm³/mol. The van der Waals surface area contributed by atoms with E-state index in [1.165, 1.54) is 0 Å². The van der Waals surface area contributed by atoms with E-state index in [9.17, 15) is 14.4 Å². The zero-order valence-corrected chi connectivity index (χ0v) is 33.7. The summed E-state index contributed by atoms with van der Waals surface area (Å²) in [7, 11) is 0. The van der Waals surface area contributed by atoms with Crippen molar-refractivity contribution in [2.75, 3.05) is 32.7 Å². The number of allylic oxidation sites excluding steroid dienone is 12. The Hall–Kier alpha value is -4.46. The van der Waals surface area contributed by atoms with Gasteiger partial charge in [-0.15, -0.1) is 0 Å². The van der Waals surface area contributed by atoms with Crippen LogP contribution in [-0.2, 0) is 9.59 Å². The molecule has 0 heterocycles. The SMILES string of the molecule is CC/C=C\C/C=C\C/C=C\C/C=C\C/C=C\C/C=C\CCC(=O)NCCCN(CC)CCNC(=O)C(C)(C)Oc1ccc(C(=O)c2ccc(Cl)cc2)cc1. The van der Waals surface area contributed by atoms with Crippen LogP contribution < -0.4 is 15.4 Å². The molecule has 0 aliphatic rings. The molecule has 0 radical (unpaired) electrons. The van der Waals surface area contributed by atoms with E-state index in [2.05, 4.69) is 102 Å². The van der Waals surface area contributed by atoms with Gasteiger partial charge in [0.15, 0.2) is 11.4 Å². The Labute approximate surface area is 330 Å². The van der Waals surface area contributed by atoms with Crippen LogP contribution in [0, 0.1) is 0 Å². The van der Waals surface area contributed by atoms with E-state index >= 15 is 0 Å². The molecule has 0 aliphatic heterocycles. The highest BCUT2D eigenvalue weighted by molar-refractivity contribution is 6.30. The van der Waals surface area contributed by atoms with Crippen molar-refractivity contribution in [2.24, 2.45) is 0 Å². The molecule has 0 aliphatic carbocycles. The minimum absolute atomic E-state index is 0.0647. The molecular weight excluding hydrogens is 694 g/mol. The van der Waals surface area contributed by atoms with Gasteiger partial charge in [0.2, 0.25) is 5.91 Å². The van der Waals surface area contributed by atoms with Crippen molar-refractivity contribution in [1.82, 2.24) is 15.5 Å². The summed E-state index contributed by atoms with van der Waals surface area (Å²) in [5, 5.41) is 6.57. The lowest BCUT2D eigenvalue weighted by Crippen LogP contribution is -2.48. The molecule has 0 bridgehead atoms. The van der Waals surface area contributed by atoms with E-state index in [1.807, 2.05) is 0 Å². The standard InChI is InChI=1S/C46H62ClN3O4/c1-5-7-8-9-10-11-12-13-14-15-16-17-18-19-20-21-22-23-24-26-43(51)48-35-25-37-50(6-2)38-36-49-45(53)46(3,4)54-42-33-29-40(30-34-42)44(52)39-27-31-41(47)32-28-39/h7-8,10-11,13-14,16-17,19-20,22-23,27-34H,5-6,9,12,15,18,21,24-26,35-38H2,1-4H3,(H,48,51)(H,49,53)/b8-7-,11-10-,14-13-,17-16-,20-19-,23-22-. The Bertz CT molecular complexity index is 1550. The molecule has 2 N–H and O–H groups in total. The first kappa shape index (κ1) is 45.7. The number of benzene rings is 2. The van der Waals surface area contributed by atoms with Gasteiger partial charge in [-0.25, -0.2) is 0 Å². The number of likely N-dealkylation sites (N-methyl/N-ethyl adjacent to an activating group) is 1. The maximum absolute atomic E-state index is 13.0. The predicted octanol–water partition coefficient (Wildman–Crippen LogP) is 10.2. The monoisotopic (exact) mass is 755 g/mol. The summed E-state index contributed by atoms with van der Waals surface area (Å²) in [4.78, 5) is 40.2. The second-order valence-corrected chi connectivity index (χ2v) is 13.8. The number of halogens is 1. The average molecular weight is 756 g/mol. The molecule has 0 saturated carbocycles. The normalized spacial score (nSPS) is 12.4. The highest BCUT2D eigenvalue weighted by Gasteiger charge is 2.29. The third-order valence-electron chi connectivity index (χ3n) is 8.41. The fourth-order valence-electron chi connectivity index (χ4n) is 5.22. The highest BCUT2D eigenvalue weighted by atomic mass is 35.5. The van der Waals surface area contributed by atoms with Gasteiger partial charge < -0.3 is 20.3 Å². The van der Waals surface area contributed by atoms with Crippen LogP contribution in [0.15, 0.2) is 121 Å². The molecule has 2 aromatic carbocycles. The summed E-state index contributed by atoms with van der Waals surface area (Å²) < 4.78 is 5.99. The van der Waals surface area contributed by atoms with Crippen molar-refractivity contribution in [2.45, 2.75) is 91.1 Å². The lowest BCUT2D eigenvalue weighted by atomic mass is 10.0. The van der Waals surface area contributed by atoms with Gasteiger partial charge in [0.1, 0.15) is 5.75 Å². The Kier molecular flexibility index (Phi) is 23.7. The highest BCUT2D eigenvalue weighted by Crippen LogP contribution is 2.21. The van der Waals surface area contributed by atoms with Crippen molar-refractivity contribution in [1.29, 1.82) is 0 Å². The molecule has 0 unspecified atom stereocenters. The Balaban J connectivity index is 1.53. The maximum atomic E-state index is 13.0. The molecule has 7 nitrogen and oxygen atoms in total. The zero-order valence-electron chi connectivity index (χ0n) is 32.9. The summed E-state index contributed by atoms with van der Waals surface area (Å²) in [6.07, 6.45) is 34.0. The number of rotatable bonds is 27. The molecule has 0 spiro atoms. The second kappa shape index (κ2) is 28.0. The van der Waals surface area contributed by atoms with E-state index < -0.39 is 5.60 Å². The Morgan fingerprint density at radius 3 is 1.69 bits per heavy atom. The minimum Gasteiger partial charge on any atom is -0.478 e. The molecule has 54 heavy (non-hydrogen) atoms. The molecule has 2 amide bonds. The van der Waals surface area contributed by atoms with Crippen LogP contribution in [0.25, 0.3) is 0 Å². The molecule has 292 valence electrons. The van der Waals surface area contributed by atoms with Crippen LogP contribution in [0.4, 0.5) is 0 Å². The van der Waals surface area contributed by atoms with Crippen molar-refractivity contribution < 1.29 is 19.1 Å². The van der Waals surface area contributed by atoms with Gasteiger partial charge in [0.05, 0.1) is 0 Å². The van der Waals surface area contributed by atoms with Crippen LogP contribution >= 0.6 is 11.6 Å². The number of carbonyl (C=O) groups excluding carboxylic acids is 3. The summed E-state index contributed by atoms with van der Waals surface area (Å²) in [6, 6.07) is 13.5. The molecule has 8 heteroatoms. The Morgan fingerprint density at radius 1 is 0.667 bits per heavy atom. The van der Waals surface area contributed by atoms with E-state index in [0.29, 0.717) is 48.0 Å². The number of amides is 2. The number of hydrogen-bond acceptors (Lipinski definition) is 5. The summed E-state index contributed by atoms with van der Waals surface area (Å²) >= 11 is 5.93. The molecule has 0 aromatic heterocycles. The van der Waals surface area contributed by atoms with Crippen LogP contribution in [-0.4, -0.2) is 60.8 Å². The van der Waals surface area contributed by atoms with Gasteiger partial charge in [-0.2, -0.15) is 0 Å². The molecular formula is C46H62ClN3O4. The van der Waals surface area contributed by atoms with Gasteiger partial charge >= 0.3 is 0 Å². The quantitative estimate of drug-likeness (QED) is 0.0539.